The zero-order chi connectivity index (χ0) is 14.5. The Kier molecular flexibility index (Phi) is 5.15. The topological polar surface area (TPSA) is 37.0 Å². The third kappa shape index (κ3) is 4.05. The monoisotopic (exact) mass is 283 g/mol. The third-order valence-electron chi connectivity index (χ3n) is 3.62. The first-order chi connectivity index (χ1) is 9.63. The lowest BCUT2D eigenvalue weighted by Crippen LogP contribution is -2.21. The second kappa shape index (κ2) is 6.86. The van der Waals surface area contributed by atoms with Crippen LogP contribution in [0.2, 0.25) is 0 Å². The lowest BCUT2D eigenvalue weighted by molar-refractivity contribution is 0.557. The van der Waals surface area contributed by atoms with Gasteiger partial charge in [0.2, 0.25) is 0 Å². The van der Waals surface area contributed by atoms with E-state index in [4.69, 9.17) is 0 Å². The van der Waals surface area contributed by atoms with Gasteiger partial charge in [0.25, 0.3) is 0 Å². The SMILES string of the molecule is CCCNc1nc(NC(CC)CC2CC2)c(F)cc1F. The Morgan fingerprint density at radius 2 is 1.95 bits per heavy atom. The van der Waals surface area contributed by atoms with Crippen LogP contribution in [0.1, 0.15) is 46.0 Å². The summed E-state index contributed by atoms with van der Waals surface area (Å²) in [7, 11) is 0. The fraction of sp³-hybridized carbons (Fsp3) is 0.667. The van der Waals surface area contributed by atoms with Crippen molar-refractivity contribution in [3.05, 3.63) is 17.7 Å². The molecule has 0 aliphatic heterocycles. The fourth-order valence-electron chi connectivity index (χ4n) is 2.21. The van der Waals surface area contributed by atoms with Crippen molar-refractivity contribution in [3.63, 3.8) is 0 Å². The average molecular weight is 283 g/mol. The lowest BCUT2D eigenvalue weighted by atomic mass is 10.1. The van der Waals surface area contributed by atoms with Crippen LogP contribution in [0.4, 0.5) is 20.4 Å². The minimum atomic E-state index is -0.642. The van der Waals surface area contributed by atoms with Gasteiger partial charge in [0, 0.05) is 18.7 Å². The van der Waals surface area contributed by atoms with Gasteiger partial charge in [-0.2, -0.15) is 0 Å². The smallest absolute Gasteiger partial charge is 0.168 e. The minimum Gasteiger partial charge on any atom is -0.368 e. The van der Waals surface area contributed by atoms with Crippen LogP contribution in [0.5, 0.6) is 0 Å². The molecule has 1 saturated carbocycles. The van der Waals surface area contributed by atoms with Gasteiger partial charge in [-0.25, -0.2) is 13.8 Å². The quantitative estimate of drug-likeness (QED) is 0.751. The Morgan fingerprint density at radius 1 is 1.25 bits per heavy atom. The van der Waals surface area contributed by atoms with Gasteiger partial charge in [0.15, 0.2) is 23.3 Å². The molecule has 1 unspecified atom stereocenters. The molecule has 0 spiro atoms. The van der Waals surface area contributed by atoms with E-state index in [0.717, 1.165) is 31.2 Å². The van der Waals surface area contributed by atoms with Crippen molar-refractivity contribution in [1.29, 1.82) is 0 Å². The van der Waals surface area contributed by atoms with Crippen LogP contribution < -0.4 is 10.6 Å². The van der Waals surface area contributed by atoms with Gasteiger partial charge >= 0.3 is 0 Å². The molecule has 5 heteroatoms. The molecule has 2 rings (SSSR count). The van der Waals surface area contributed by atoms with E-state index in [0.29, 0.717) is 6.54 Å². The van der Waals surface area contributed by atoms with E-state index in [9.17, 15) is 8.78 Å². The minimum absolute atomic E-state index is 0.122. The molecule has 1 fully saturated rings. The molecule has 1 heterocycles. The summed E-state index contributed by atoms with van der Waals surface area (Å²) in [6.45, 7) is 4.67. The number of hydrogen-bond donors (Lipinski definition) is 2. The Bertz CT molecular complexity index is 447. The summed E-state index contributed by atoms with van der Waals surface area (Å²) >= 11 is 0. The summed E-state index contributed by atoms with van der Waals surface area (Å²) in [5, 5.41) is 6.00. The third-order valence-corrected chi connectivity index (χ3v) is 3.62. The van der Waals surface area contributed by atoms with E-state index in [2.05, 4.69) is 22.5 Å². The van der Waals surface area contributed by atoms with Crippen molar-refractivity contribution in [3.8, 4) is 0 Å². The molecule has 0 aromatic carbocycles. The van der Waals surface area contributed by atoms with Crippen molar-refractivity contribution in [2.45, 2.75) is 52.0 Å². The van der Waals surface area contributed by atoms with Gasteiger partial charge in [-0.15, -0.1) is 0 Å². The van der Waals surface area contributed by atoms with Crippen LogP contribution in [0.3, 0.4) is 0 Å². The Balaban J connectivity index is 2.07. The summed E-state index contributed by atoms with van der Waals surface area (Å²) in [5.41, 5.74) is 0. The zero-order valence-electron chi connectivity index (χ0n) is 12.2. The first kappa shape index (κ1) is 15.0. The predicted octanol–water partition coefficient (Wildman–Crippen LogP) is 4.17. The van der Waals surface area contributed by atoms with E-state index in [-0.39, 0.29) is 17.7 Å². The molecule has 0 bridgehead atoms. The first-order valence-corrected chi connectivity index (χ1v) is 7.50. The first-order valence-electron chi connectivity index (χ1n) is 7.50. The van der Waals surface area contributed by atoms with E-state index in [1.807, 2.05) is 6.92 Å². The van der Waals surface area contributed by atoms with Gasteiger partial charge in [0.05, 0.1) is 0 Å². The second-order valence-corrected chi connectivity index (χ2v) is 5.50. The van der Waals surface area contributed by atoms with Crippen molar-refractivity contribution in [2.75, 3.05) is 17.2 Å². The molecule has 3 nitrogen and oxygen atoms in total. The molecule has 1 atom stereocenters. The van der Waals surface area contributed by atoms with E-state index in [1.54, 1.807) is 0 Å². The van der Waals surface area contributed by atoms with Crippen LogP contribution in [-0.2, 0) is 0 Å². The highest BCUT2D eigenvalue weighted by atomic mass is 19.1. The molecule has 2 N–H and O–H groups in total. The van der Waals surface area contributed by atoms with Gasteiger partial charge in [-0.05, 0) is 25.2 Å². The highest BCUT2D eigenvalue weighted by Crippen LogP contribution is 2.35. The van der Waals surface area contributed by atoms with E-state index < -0.39 is 11.6 Å². The van der Waals surface area contributed by atoms with Crippen molar-refractivity contribution >= 4 is 11.6 Å². The van der Waals surface area contributed by atoms with Crippen molar-refractivity contribution in [1.82, 2.24) is 4.98 Å². The molecule has 0 saturated heterocycles. The van der Waals surface area contributed by atoms with Gasteiger partial charge in [-0.3, -0.25) is 0 Å². The number of nitrogens with zero attached hydrogens (tertiary/aromatic N) is 1. The zero-order valence-corrected chi connectivity index (χ0v) is 12.2. The van der Waals surface area contributed by atoms with Crippen LogP contribution in [0.25, 0.3) is 0 Å². The van der Waals surface area contributed by atoms with Gasteiger partial charge in [-0.1, -0.05) is 26.7 Å². The largest absolute Gasteiger partial charge is 0.368 e. The van der Waals surface area contributed by atoms with Crippen LogP contribution in [-0.4, -0.2) is 17.6 Å². The molecule has 1 aliphatic carbocycles. The summed E-state index contributed by atoms with van der Waals surface area (Å²) in [6.07, 6.45) is 5.33. The molecule has 1 aromatic heterocycles. The maximum Gasteiger partial charge on any atom is 0.168 e. The summed E-state index contributed by atoms with van der Waals surface area (Å²) < 4.78 is 27.4. The lowest BCUT2D eigenvalue weighted by Gasteiger charge is -2.18. The van der Waals surface area contributed by atoms with Gasteiger partial charge in [0.1, 0.15) is 0 Å². The normalized spacial score (nSPS) is 16.0. The average Bonchev–Trinajstić information content (AvgIpc) is 3.23. The number of pyridine rings is 1. The molecule has 20 heavy (non-hydrogen) atoms. The number of hydrogen-bond acceptors (Lipinski definition) is 3. The molecule has 0 amide bonds. The molecule has 1 aliphatic rings. The summed E-state index contributed by atoms with van der Waals surface area (Å²) in [6, 6.07) is 1.10. The van der Waals surface area contributed by atoms with Crippen LogP contribution in [0.15, 0.2) is 6.07 Å². The van der Waals surface area contributed by atoms with Gasteiger partial charge < -0.3 is 10.6 Å². The number of aromatic nitrogens is 1. The van der Waals surface area contributed by atoms with Crippen molar-refractivity contribution in [2.24, 2.45) is 5.92 Å². The Hall–Kier alpha value is -1.39. The van der Waals surface area contributed by atoms with E-state index >= 15 is 0 Å². The Labute approximate surface area is 119 Å². The van der Waals surface area contributed by atoms with Crippen molar-refractivity contribution < 1.29 is 8.78 Å². The number of rotatable bonds is 8. The Morgan fingerprint density at radius 3 is 2.55 bits per heavy atom. The summed E-state index contributed by atoms with van der Waals surface area (Å²) in [5.74, 6) is -0.237. The standard InChI is InChI=1S/C15H23F2N3/c1-3-7-18-14-12(16)9-13(17)15(20-14)19-11(4-2)8-10-5-6-10/h9-11H,3-8H2,1-2H3,(H2,18,19,20). The molecular weight excluding hydrogens is 260 g/mol. The predicted molar refractivity (Wildman–Crippen MR) is 78.0 cm³/mol. The maximum atomic E-state index is 13.8. The molecule has 1 aromatic rings. The number of halogens is 2. The highest BCUT2D eigenvalue weighted by Gasteiger charge is 2.25. The molecule has 112 valence electrons. The van der Waals surface area contributed by atoms with Crippen LogP contribution in [0, 0.1) is 17.6 Å². The molecule has 0 radical (unpaired) electrons. The number of nitrogens with one attached hydrogen (secondary N) is 2. The second-order valence-electron chi connectivity index (χ2n) is 5.50. The molecular formula is C15H23F2N3. The number of anilines is 2. The summed E-state index contributed by atoms with van der Waals surface area (Å²) in [4.78, 5) is 4.05. The highest BCUT2D eigenvalue weighted by molar-refractivity contribution is 5.48. The fourth-order valence-corrected chi connectivity index (χ4v) is 2.21. The maximum absolute atomic E-state index is 13.8. The van der Waals surface area contributed by atoms with Crippen LogP contribution >= 0.6 is 0 Å². The van der Waals surface area contributed by atoms with E-state index in [1.165, 1.54) is 12.8 Å².